The average Bonchev–Trinajstić information content (AvgIpc) is 2.50. The molecule has 0 spiro atoms. The molecule has 2 heteroatoms. The van der Waals surface area contributed by atoms with E-state index in [-0.39, 0.29) is 0 Å². The number of hydrogen-bond acceptors (Lipinski definition) is 2. The van der Waals surface area contributed by atoms with Crippen LogP contribution in [0.2, 0.25) is 0 Å². The zero-order valence-corrected chi connectivity index (χ0v) is 12.3. The van der Waals surface area contributed by atoms with Crippen LogP contribution in [0.1, 0.15) is 29.2 Å². The molecule has 0 aromatic heterocycles. The fraction of sp³-hybridized carbons (Fsp3) is 0.333. The van der Waals surface area contributed by atoms with Crippen LogP contribution < -0.4 is 10.2 Å². The molecule has 104 valence electrons. The summed E-state index contributed by atoms with van der Waals surface area (Å²) in [5.41, 5.74) is 5.50. The van der Waals surface area contributed by atoms with Gasteiger partial charge in [0.25, 0.3) is 0 Å². The Labute approximate surface area is 121 Å². The van der Waals surface area contributed by atoms with Crippen molar-refractivity contribution in [2.45, 2.75) is 25.9 Å². The second kappa shape index (κ2) is 5.68. The van der Waals surface area contributed by atoms with Gasteiger partial charge in [0.05, 0.1) is 0 Å². The van der Waals surface area contributed by atoms with Crippen molar-refractivity contribution >= 4 is 5.69 Å². The molecule has 1 aliphatic rings. The molecule has 0 radical (unpaired) electrons. The Kier molecular flexibility index (Phi) is 3.75. The molecule has 1 unspecified atom stereocenters. The van der Waals surface area contributed by atoms with E-state index < -0.39 is 0 Å². The number of para-hydroxylation sites is 1. The van der Waals surface area contributed by atoms with Crippen molar-refractivity contribution in [1.82, 2.24) is 5.32 Å². The van der Waals surface area contributed by atoms with Gasteiger partial charge in [-0.3, -0.25) is 0 Å². The van der Waals surface area contributed by atoms with Crippen molar-refractivity contribution in [3.63, 3.8) is 0 Å². The summed E-state index contributed by atoms with van der Waals surface area (Å²) in [6, 6.07) is 18.1. The van der Waals surface area contributed by atoms with Gasteiger partial charge in [0, 0.05) is 24.8 Å². The summed E-state index contributed by atoms with van der Waals surface area (Å²) in [4.78, 5) is 2.49. The zero-order chi connectivity index (χ0) is 13.9. The van der Waals surface area contributed by atoms with Gasteiger partial charge in [0.2, 0.25) is 0 Å². The average molecular weight is 266 g/mol. The zero-order valence-electron chi connectivity index (χ0n) is 12.3. The van der Waals surface area contributed by atoms with E-state index in [9.17, 15) is 0 Å². The summed E-state index contributed by atoms with van der Waals surface area (Å²) in [6.45, 7) is 4.24. The molecule has 20 heavy (non-hydrogen) atoms. The molecule has 1 aliphatic heterocycles. The van der Waals surface area contributed by atoms with Gasteiger partial charge < -0.3 is 10.2 Å². The van der Waals surface area contributed by atoms with Crippen molar-refractivity contribution in [1.29, 1.82) is 0 Å². The largest absolute Gasteiger partial charge is 0.367 e. The number of nitrogens with zero attached hydrogens (tertiary/aromatic N) is 1. The first kappa shape index (κ1) is 13.2. The summed E-state index contributed by atoms with van der Waals surface area (Å²) in [5, 5.41) is 3.43. The minimum Gasteiger partial charge on any atom is -0.367 e. The molecule has 1 atom stereocenters. The van der Waals surface area contributed by atoms with Crippen molar-refractivity contribution in [3.8, 4) is 0 Å². The van der Waals surface area contributed by atoms with Gasteiger partial charge in [-0.15, -0.1) is 0 Å². The predicted octanol–water partition coefficient (Wildman–Crippen LogP) is 3.67. The number of hydrogen-bond donors (Lipinski definition) is 1. The molecule has 3 rings (SSSR count). The molecule has 0 saturated heterocycles. The highest BCUT2D eigenvalue weighted by Crippen LogP contribution is 2.34. The Morgan fingerprint density at radius 1 is 1.10 bits per heavy atom. The number of rotatable bonds is 3. The van der Waals surface area contributed by atoms with Crippen LogP contribution in [0.4, 0.5) is 5.69 Å². The monoisotopic (exact) mass is 266 g/mol. The van der Waals surface area contributed by atoms with Crippen LogP contribution in [-0.4, -0.2) is 13.6 Å². The van der Waals surface area contributed by atoms with Gasteiger partial charge in [-0.2, -0.15) is 0 Å². The van der Waals surface area contributed by atoms with Gasteiger partial charge in [0.1, 0.15) is 0 Å². The minimum atomic E-state index is 0.487. The number of fused-ring (bicyclic) bond motifs is 1. The maximum atomic E-state index is 3.43. The normalized spacial score (nSPS) is 17.9. The fourth-order valence-corrected chi connectivity index (χ4v) is 3.01. The van der Waals surface area contributed by atoms with Gasteiger partial charge in [0.15, 0.2) is 0 Å². The maximum absolute atomic E-state index is 3.43. The molecular formula is C18H22N2. The van der Waals surface area contributed by atoms with Crippen LogP contribution >= 0.6 is 0 Å². The first-order valence-electron chi connectivity index (χ1n) is 7.34. The smallest absolute Gasteiger partial charge is 0.0429 e. The minimum absolute atomic E-state index is 0.487. The van der Waals surface area contributed by atoms with Gasteiger partial charge in [-0.1, -0.05) is 48.0 Å². The Bertz CT molecular complexity index is 574. The summed E-state index contributed by atoms with van der Waals surface area (Å²) < 4.78 is 0. The van der Waals surface area contributed by atoms with Crippen molar-refractivity contribution in [3.05, 3.63) is 65.2 Å². The van der Waals surface area contributed by atoms with E-state index in [0.29, 0.717) is 6.04 Å². The van der Waals surface area contributed by atoms with Crippen molar-refractivity contribution < 1.29 is 0 Å². The predicted molar refractivity (Wildman–Crippen MR) is 85.1 cm³/mol. The number of aryl methyl sites for hydroxylation is 1. The van der Waals surface area contributed by atoms with Crippen molar-refractivity contribution in [2.24, 2.45) is 0 Å². The lowest BCUT2D eigenvalue weighted by atomic mass is 9.96. The third-order valence-corrected chi connectivity index (χ3v) is 4.18. The molecular weight excluding hydrogens is 244 g/mol. The quantitative estimate of drug-likeness (QED) is 0.912. The maximum Gasteiger partial charge on any atom is 0.0429 e. The van der Waals surface area contributed by atoms with E-state index in [4.69, 9.17) is 0 Å². The third-order valence-electron chi connectivity index (χ3n) is 4.18. The molecule has 1 N–H and O–H groups in total. The highest BCUT2D eigenvalue weighted by Gasteiger charge is 2.23. The fourth-order valence-electron chi connectivity index (χ4n) is 3.01. The molecule has 0 aliphatic carbocycles. The number of benzene rings is 2. The van der Waals surface area contributed by atoms with Gasteiger partial charge in [-0.05, 0) is 37.6 Å². The van der Waals surface area contributed by atoms with Crippen LogP contribution in [0.3, 0.4) is 0 Å². The van der Waals surface area contributed by atoms with E-state index in [0.717, 1.165) is 13.1 Å². The second-order valence-corrected chi connectivity index (χ2v) is 5.60. The van der Waals surface area contributed by atoms with E-state index in [2.05, 4.69) is 72.7 Å². The van der Waals surface area contributed by atoms with Crippen LogP contribution in [0.5, 0.6) is 0 Å². The first-order valence-corrected chi connectivity index (χ1v) is 7.34. The lowest BCUT2D eigenvalue weighted by molar-refractivity contribution is 0.516. The Morgan fingerprint density at radius 3 is 2.60 bits per heavy atom. The molecule has 2 nitrogen and oxygen atoms in total. The van der Waals surface area contributed by atoms with Gasteiger partial charge in [-0.25, -0.2) is 0 Å². The topological polar surface area (TPSA) is 15.3 Å². The summed E-state index contributed by atoms with van der Waals surface area (Å²) in [6.07, 6.45) is 1.17. The van der Waals surface area contributed by atoms with Crippen LogP contribution in [0, 0.1) is 6.92 Å². The van der Waals surface area contributed by atoms with Gasteiger partial charge >= 0.3 is 0 Å². The molecule has 0 bridgehead atoms. The highest BCUT2D eigenvalue weighted by molar-refractivity contribution is 5.57. The Balaban J connectivity index is 1.86. The van der Waals surface area contributed by atoms with Crippen LogP contribution in [0.15, 0.2) is 48.5 Å². The molecule has 1 heterocycles. The summed E-state index contributed by atoms with van der Waals surface area (Å²) >= 11 is 0. The van der Waals surface area contributed by atoms with Crippen LogP contribution in [0.25, 0.3) is 0 Å². The lowest BCUT2D eigenvalue weighted by Crippen LogP contribution is -2.34. The molecule has 0 amide bonds. The number of nitrogens with one attached hydrogen (secondary N) is 1. The molecule has 2 aromatic carbocycles. The highest BCUT2D eigenvalue weighted by atomic mass is 15.1. The molecule has 0 fully saturated rings. The summed E-state index contributed by atoms with van der Waals surface area (Å²) in [5.74, 6) is 0. The molecule has 0 saturated carbocycles. The summed E-state index contributed by atoms with van der Waals surface area (Å²) in [7, 11) is 2.05. The van der Waals surface area contributed by atoms with E-state index >= 15 is 0 Å². The standard InChI is InChI=1S/C18H22N2/c1-14-7-9-15(10-8-14)13-20-12-11-17(19-2)16-5-3-4-6-18(16)20/h3-10,17,19H,11-13H2,1-2H3. The third kappa shape index (κ3) is 2.56. The number of anilines is 1. The second-order valence-electron chi connectivity index (χ2n) is 5.60. The molecule has 2 aromatic rings. The van der Waals surface area contributed by atoms with E-state index in [1.54, 1.807) is 0 Å². The Hall–Kier alpha value is -1.80. The van der Waals surface area contributed by atoms with Crippen LogP contribution in [-0.2, 0) is 6.54 Å². The van der Waals surface area contributed by atoms with Crippen molar-refractivity contribution in [2.75, 3.05) is 18.5 Å². The van der Waals surface area contributed by atoms with E-state index in [1.165, 1.54) is 28.8 Å². The SMILES string of the molecule is CNC1CCN(Cc2ccc(C)cc2)c2ccccc21. The Morgan fingerprint density at radius 2 is 1.85 bits per heavy atom. The lowest BCUT2D eigenvalue weighted by Gasteiger charge is -2.35. The van der Waals surface area contributed by atoms with E-state index in [1.807, 2.05) is 0 Å². The first-order chi connectivity index (χ1) is 9.78.